The van der Waals surface area contributed by atoms with E-state index in [-0.39, 0.29) is 5.54 Å². The molecule has 0 spiro atoms. The van der Waals surface area contributed by atoms with Crippen molar-refractivity contribution in [3.8, 4) is 0 Å². The van der Waals surface area contributed by atoms with Crippen molar-refractivity contribution in [3.63, 3.8) is 0 Å². The van der Waals surface area contributed by atoms with Crippen molar-refractivity contribution in [2.45, 2.75) is 18.4 Å². The quantitative estimate of drug-likeness (QED) is 0.600. The summed E-state index contributed by atoms with van der Waals surface area (Å²) < 4.78 is 0. The molecule has 2 N–H and O–H groups in total. The molecule has 0 unspecified atom stereocenters. The van der Waals surface area contributed by atoms with Crippen LogP contribution in [0.2, 0.25) is 0 Å². The van der Waals surface area contributed by atoms with Crippen LogP contribution in [0.1, 0.15) is 12.8 Å². The molecule has 0 atom stereocenters. The van der Waals surface area contributed by atoms with E-state index in [4.69, 9.17) is 5.73 Å². The lowest BCUT2D eigenvalue weighted by molar-refractivity contribution is 0.303. The Hall–Kier alpha value is -0.600. The summed E-state index contributed by atoms with van der Waals surface area (Å²) in [4.78, 5) is 2.27. The van der Waals surface area contributed by atoms with Gasteiger partial charge in [0.05, 0.1) is 0 Å². The molecule has 0 aromatic carbocycles. The first-order valence-corrected chi connectivity index (χ1v) is 4.43. The summed E-state index contributed by atoms with van der Waals surface area (Å²) in [6, 6.07) is 0. The van der Waals surface area contributed by atoms with E-state index in [1.807, 2.05) is 12.2 Å². The molecule has 1 rings (SSSR count). The molecule has 1 saturated carbocycles. The van der Waals surface area contributed by atoms with Crippen LogP contribution in [0.4, 0.5) is 0 Å². The van der Waals surface area contributed by atoms with Crippen molar-refractivity contribution >= 4 is 0 Å². The predicted molar refractivity (Wildman–Crippen MR) is 53.0 cm³/mol. The standard InChI is InChI=1S/C10H18N2/c1-3-7-12(8-4-2)9-10(11)5-6-10/h3-4H,1-2,5-9,11H2. The average molecular weight is 166 g/mol. The number of nitrogens with two attached hydrogens (primary N) is 1. The first kappa shape index (κ1) is 9.49. The highest BCUT2D eigenvalue weighted by Gasteiger charge is 2.39. The minimum Gasteiger partial charge on any atom is -0.324 e. The smallest absolute Gasteiger partial charge is 0.0285 e. The van der Waals surface area contributed by atoms with E-state index in [9.17, 15) is 0 Å². The zero-order chi connectivity index (χ0) is 9.03. The molecular formula is C10H18N2. The van der Waals surface area contributed by atoms with Crippen molar-refractivity contribution in [2.24, 2.45) is 5.73 Å². The second-order valence-electron chi connectivity index (χ2n) is 3.63. The van der Waals surface area contributed by atoms with Crippen LogP contribution in [0.15, 0.2) is 25.3 Å². The van der Waals surface area contributed by atoms with Crippen LogP contribution in [0.3, 0.4) is 0 Å². The average Bonchev–Trinajstić information content (AvgIpc) is 2.69. The van der Waals surface area contributed by atoms with Gasteiger partial charge in [0.15, 0.2) is 0 Å². The molecule has 0 saturated heterocycles. The Balaban J connectivity index is 2.31. The zero-order valence-corrected chi connectivity index (χ0v) is 7.63. The van der Waals surface area contributed by atoms with E-state index < -0.39 is 0 Å². The van der Waals surface area contributed by atoms with E-state index >= 15 is 0 Å². The molecule has 0 heterocycles. The molecule has 1 aliphatic carbocycles. The molecule has 0 aliphatic heterocycles. The topological polar surface area (TPSA) is 29.3 Å². The minimum atomic E-state index is 0.103. The molecule has 0 amide bonds. The van der Waals surface area contributed by atoms with E-state index in [0.29, 0.717) is 0 Å². The van der Waals surface area contributed by atoms with Gasteiger partial charge in [0.1, 0.15) is 0 Å². The third-order valence-electron chi connectivity index (χ3n) is 2.21. The van der Waals surface area contributed by atoms with Crippen molar-refractivity contribution < 1.29 is 0 Å². The minimum absolute atomic E-state index is 0.103. The van der Waals surface area contributed by atoms with Crippen LogP contribution in [-0.2, 0) is 0 Å². The third kappa shape index (κ3) is 2.80. The first-order valence-electron chi connectivity index (χ1n) is 4.43. The maximum Gasteiger partial charge on any atom is 0.0285 e. The van der Waals surface area contributed by atoms with Gasteiger partial charge in [0.25, 0.3) is 0 Å². The summed E-state index contributed by atoms with van der Waals surface area (Å²) in [6.45, 7) is 10.2. The third-order valence-corrected chi connectivity index (χ3v) is 2.21. The Morgan fingerprint density at radius 2 is 1.75 bits per heavy atom. The Labute approximate surface area is 74.7 Å². The number of hydrogen-bond acceptors (Lipinski definition) is 2. The zero-order valence-electron chi connectivity index (χ0n) is 7.63. The molecule has 2 nitrogen and oxygen atoms in total. The van der Waals surface area contributed by atoms with Gasteiger partial charge in [-0.1, -0.05) is 12.2 Å². The van der Waals surface area contributed by atoms with Crippen LogP contribution < -0.4 is 5.73 Å². The van der Waals surface area contributed by atoms with Crippen LogP contribution >= 0.6 is 0 Å². The summed E-state index contributed by atoms with van der Waals surface area (Å²) in [6.07, 6.45) is 6.15. The largest absolute Gasteiger partial charge is 0.324 e. The molecule has 1 aliphatic rings. The van der Waals surface area contributed by atoms with Gasteiger partial charge in [-0.15, -0.1) is 13.2 Å². The maximum absolute atomic E-state index is 6.00. The Kier molecular flexibility index (Phi) is 3.06. The lowest BCUT2D eigenvalue weighted by atomic mass is 10.2. The van der Waals surface area contributed by atoms with Crippen molar-refractivity contribution in [3.05, 3.63) is 25.3 Å². The van der Waals surface area contributed by atoms with Gasteiger partial charge >= 0.3 is 0 Å². The first-order chi connectivity index (χ1) is 5.70. The molecule has 1 fully saturated rings. The molecule has 0 radical (unpaired) electrons. The van der Waals surface area contributed by atoms with Gasteiger partial charge < -0.3 is 5.73 Å². The molecule has 2 heteroatoms. The lowest BCUT2D eigenvalue weighted by Gasteiger charge is -2.22. The molecular weight excluding hydrogens is 148 g/mol. The fourth-order valence-electron chi connectivity index (χ4n) is 1.33. The summed E-state index contributed by atoms with van der Waals surface area (Å²) in [5.41, 5.74) is 6.10. The van der Waals surface area contributed by atoms with Crippen LogP contribution in [0, 0.1) is 0 Å². The molecule has 68 valence electrons. The van der Waals surface area contributed by atoms with Gasteiger partial charge in [-0.2, -0.15) is 0 Å². The van der Waals surface area contributed by atoms with Crippen LogP contribution in [0.25, 0.3) is 0 Å². The molecule has 0 bridgehead atoms. The fraction of sp³-hybridized carbons (Fsp3) is 0.600. The van der Waals surface area contributed by atoms with Gasteiger partial charge in [-0.25, -0.2) is 0 Å². The van der Waals surface area contributed by atoms with E-state index in [0.717, 1.165) is 32.5 Å². The van der Waals surface area contributed by atoms with Gasteiger partial charge in [-0.3, -0.25) is 4.90 Å². The summed E-state index contributed by atoms with van der Waals surface area (Å²) in [7, 11) is 0. The van der Waals surface area contributed by atoms with Crippen molar-refractivity contribution in [1.82, 2.24) is 4.90 Å². The highest BCUT2D eigenvalue weighted by molar-refractivity contribution is 5.02. The van der Waals surface area contributed by atoms with Crippen molar-refractivity contribution in [1.29, 1.82) is 0 Å². The Morgan fingerprint density at radius 3 is 2.08 bits per heavy atom. The van der Waals surface area contributed by atoms with E-state index in [2.05, 4.69) is 18.1 Å². The summed E-state index contributed by atoms with van der Waals surface area (Å²) in [5, 5.41) is 0. The Bertz CT molecular complexity index is 161. The van der Waals surface area contributed by atoms with E-state index in [1.165, 1.54) is 0 Å². The molecule has 0 aromatic heterocycles. The van der Waals surface area contributed by atoms with Gasteiger partial charge in [-0.05, 0) is 12.8 Å². The summed E-state index contributed by atoms with van der Waals surface area (Å²) in [5.74, 6) is 0. The van der Waals surface area contributed by atoms with Crippen LogP contribution in [0.5, 0.6) is 0 Å². The number of hydrogen-bond donors (Lipinski definition) is 1. The predicted octanol–water partition coefficient (Wildman–Crippen LogP) is 1.15. The molecule has 12 heavy (non-hydrogen) atoms. The van der Waals surface area contributed by atoms with Gasteiger partial charge in [0.2, 0.25) is 0 Å². The molecule has 0 aromatic rings. The van der Waals surface area contributed by atoms with E-state index in [1.54, 1.807) is 0 Å². The number of rotatable bonds is 6. The highest BCUT2D eigenvalue weighted by atomic mass is 15.1. The Morgan fingerprint density at radius 1 is 1.25 bits per heavy atom. The normalized spacial score (nSPS) is 19.2. The highest BCUT2D eigenvalue weighted by Crippen LogP contribution is 2.32. The van der Waals surface area contributed by atoms with Crippen LogP contribution in [-0.4, -0.2) is 30.1 Å². The monoisotopic (exact) mass is 166 g/mol. The van der Waals surface area contributed by atoms with Crippen molar-refractivity contribution in [2.75, 3.05) is 19.6 Å². The SMILES string of the molecule is C=CCN(CC=C)CC1(N)CC1. The number of nitrogens with zero attached hydrogens (tertiary/aromatic N) is 1. The maximum atomic E-state index is 6.00. The second-order valence-corrected chi connectivity index (χ2v) is 3.63. The summed E-state index contributed by atoms with van der Waals surface area (Å²) >= 11 is 0. The lowest BCUT2D eigenvalue weighted by Crippen LogP contribution is -2.39. The van der Waals surface area contributed by atoms with Gasteiger partial charge in [0, 0.05) is 25.2 Å². The second kappa shape index (κ2) is 3.87. The fourth-order valence-corrected chi connectivity index (χ4v) is 1.33.